The number of aromatic nitrogens is 1. The lowest BCUT2D eigenvalue weighted by Gasteiger charge is -2.19. The van der Waals surface area contributed by atoms with Crippen molar-refractivity contribution in [3.63, 3.8) is 0 Å². The van der Waals surface area contributed by atoms with E-state index in [2.05, 4.69) is 5.32 Å². The molecule has 1 saturated carbocycles. The summed E-state index contributed by atoms with van der Waals surface area (Å²) in [5.74, 6) is 0.155. The van der Waals surface area contributed by atoms with Crippen LogP contribution in [-0.2, 0) is 14.6 Å². The molecule has 0 aliphatic heterocycles. The van der Waals surface area contributed by atoms with Gasteiger partial charge in [0.15, 0.2) is 0 Å². The Bertz CT molecular complexity index is 934. The molecular weight excluding hydrogens is 348 g/mol. The molecule has 2 aromatic rings. The van der Waals surface area contributed by atoms with Crippen LogP contribution in [0.3, 0.4) is 0 Å². The molecular formula is C20H26N2O3S. The van der Waals surface area contributed by atoms with Gasteiger partial charge >= 0.3 is 0 Å². The lowest BCUT2D eigenvalue weighted by molar-refractivity contribution is -0.114. The van der Waals surface area contributed by atoms with E-state index in [9.17, 15) is 13.2 Å². The summed E-state index contributed by atoms with van der Waals surface area (Å²) in [6.07, 6.45) is 4.26. The molecule has 3 rings (SSSR count). The fourth-order valence-electron chi connectivity index (χ4n) is 3.87. The zero-order valence-corrected chi connectivity index (χ0v) is 16.6. The van der Waals surface area contributed by atoms with E-state index in [0.717, 1.165) is 36.9 Å². The standard InChI is InChI=1S/C20H26N2O3S/c1-13-9-11-18(12-10-13)26(24,25)19-14(2)15(3)22(17-7-5-6-8-17)20(19)21-16(4)23/h9-12,17H,5-8H2,1-4H3,(H,21,23). The number of nitrogens with one attached hydrogen (secondary N) is 1. The SMILES string of the molecule is CC(=O)Nc1c(S(=O)(=O)c2ccc(C)cc2)c(C)c(C)n1C1CCCC1. The van der Waals surface area contributed by atoms with Gasteiger partial charge in [-0.15, -0.1) is 0 Å². The number of carbonyl (C=O) groups excluding carboxylic acids is 1. The fraction of sp³-hybridized carbons (Fsp3) is 0.450. The predicted molar refractivity (Wildman–Crippen MR) is 102 cm³/mol. The second kappa shape index (κ2) is 6.91. The smallest absolute Gasteiger partial charge is 0.222 e. The van der Waals surface area contributed by atoms with E-state index in [1.165, 1.54) is 6.92 Å². The molecule has 26 heavy (non-hydrogen) atoms. The van der Waals surface area contributed by atoms with Crippen LogP contribution >= 0.6 is 0 Å². The van der Waals surface area contributed by atoms with Gasteiger partial charge in [0.05, 0.1) is 4.90 Å². The molecule has 6 heteroatoms. The van der Waals surface area contributed by atoms with Crippen LogP contribution in [0.5, 0.6) is 0 Å². The number of sulfone groups is 1. The summed E-state index contributed by atoms with van der Waals surface area (Å²) in [4.78, 5) is 12.3. The summed E-state index contributed by atoms with van der Waals surface area (Å²) in [5.41, 5.74) is 2.62. The van der Waals surface area contributed by atoms with Crippen molar-refractivity contribution < 1.29 is 13.2 Å². The van der Waals surface area contributed by atoms with Crippen LogP contribution in [0.15, 0.2) is 34.1 Å². The van der Waals surface area contributed by atoms with E-state index in [-0.39, 0.29) is 21.7 Å². The number of aryl methyl sites for hydroxylation is 1. The molecule has 0 bridgehead atoms. The Hall–Kier alpha value is -2.08. The normalized spacial score (nSPS) is 15.4. The summed E-state index contributed by atoms with van der Waals surface area (Å²) < 4.78 is 28.8. The van der Waals surface area contributed by atoms with Crippen molar-refractivity contribution in [3.05, 3.63) is 41.1 Å². The van der Waals surface area contributed by atoms with E-state index in [0.29, 0.717) is 11.4 Å². The van der Waals surface area contributed by atoms with Crippen LogP contribution in [-0.4, -0.2) is 18.9 Å². The maximum Gasteiger partial charge on any atom is 0.222 e. The van der Waals surface area contributed by atoms with Gasteiger partial charge in [0, 0.05) is 18.7 Å². The highest BCUT2D eigenvalue weighted by molar-refractivity contribution is 7.91. The molecule has 1 aromatic heterocycles. The molecule has 1 amide bonds. The Morgan fingerprint density at radius 1 is 1.08 bits per heavy atom. The van der Waals surface area contributed by atoms with Crippen LogP contribution in [0, 0.1) is 20.8 Å². The first-order valence-corrected chi connectivity index (χ1v) is 10.5. The topological polar surface area (TPSA) is 68.2 Å². The van der Waals surface area contributed by atoms with Gasteiger partial charge in [0.25, 0.3) is 0 Å². The molecule has 1 aromatic carbocycles. The van der Waals surface area contributed by atoms with Crippen molar-refractivity contribution in [2.45, 2.75) is 69.2 Å². The van der Waals surface area contributed by atoms with Gasteiger partial charge in [-0.1, -0.05) is 30.5 Å². The summed E-state index contributed by atoms with van der Waals surface area (Å²) in [6, 6.07) is 7.08. The minimum Gasteiger partial charge on any atom is -0.327 e. The average Bonchev–Trinajstić information content (AvgIpc) is 3.15. The van der Waals surface area contributed by atoms with Gasteiger partial charge in [0.1, 0.15) is 10.7 Å². The first-order chi connectivity index (χ1) is 12.2. The lowest BCUT2D eigenvalue weighted by Crippen LogP contribution is -2.17. The highest BCUT2D eigenvalue weighted by Crippen LogP contribution is 2.41. The van der Waals surface area contributed by atoms with E-state index in [1.807, 2.05) is 25.3 Å². The first-order valence-electron chi connectivity index (χ1n) is 9.04. The molecule has 0 saturated heterocycles. The van der Waals surface area contributed by atoms with Gasteiger partial charge in [-0.2, -0.15) is 0 Å². The van der Waals surface area contributed by atoms with Crippen molar-refractivity contribution >= 4 is 21.6 Å². The minimum atomic E-state index is -3.73. The summed E-state index contributed by atoms with van der Waals surface area (Å²) in [6.45, 7) is 7.10. The molecule has 5 nitrogen and oxygen atoms in total. The van der Waals surface area contributed by atoms with Crippen molar-refractivity contribution in [2.75, 3.05) is 5.32 Å². The van der Waals surface area contributed by atoms with Gasteiger partial charge < -0.3 is 9.88 Å². The van der Waals surface area contributed by atoms with Crippen LogP contribution in [0.1, 0.15) is 55.5 Å². The van der Waals surface area contributed by atoms with Gasteiger partial charge in [-0.3, -0.25) is 4.79 Å². The number of hydrogen-bond acceptors (Lipinski definition) is 3. The number of carbonyl (C=O) groups is 1. The van der Waals surface area contributed by atoms with E-state index >= 15 is 0 Å². The summed E-state index contributed by atoms with van der Waals surface area (Å²) in [5, 5.41) is 2.81. The van der Waals surface area contributed by atoms with Crippen LogP contribution in [0.2, 0.25) is 0 Å². The van der Waals surface area contributed by atoms with Crippen molar-refractivity contribution in [1.82, 2.24) is 4.57 Å². The van der Waals surface area contributed by atoms with Crippen LogP contribution in [0.4, 0.5) is 5.82 Å². The second-order valence-corrected chi connectivity index (χ2v) is 9.08. The summed E-state index contributed by atoms with van der Waals surface area (Å²) >= 11 is 0. The quantitative estimate of drug-likeness (QED) is 0.866. The molecule has 140 valence electrons. The molecule has 1 fully saturated rings. The number of rotatable bonds is 4. The van der Waals surface area contributed by atoms with Gasteiger partial charge in [-0.05, 0) is 51.3 Å². The van der Waals surface area contributed by atoms with E-state index < -0.39 is 9.84 Å². The van der Waals surface area contributed by atoms with Crippen molar-refractivity contribution in [1.29, 1.82) is 0 Å². The third kappa shape index (κ3) is 3.18. The van der Waals surface area contributed by atoms with Gasteiger partial charge in [-0.25, -0.2) is 8.42 Å². The zero-order chi connectivity index (χ0) is 19.1. The van der Waals surface area contributed by atoms with Crippen molar-refractivity contribution in [3.8, 4) is 0 Å². The molecule has 0 radical (unpaired) electrons. The third-order valence-corrected chi connectivity index (χ3v) is 7.21. The highest BCUT2D eigenvalue weighted by atomic mass is 32.2. The Balaban J connectivity index is 2.24. The Morgan fingerprint density at radius 2 is 1.65 bits per heavy atom. The van der Waals surface area contributed by atoms with Crippen LogP contribution in [0.25, 0.3) is 0 Å². The predicted octanol–water partition coefficient (Wildman–Crippen LogP) is 4.32. The molecule has 0 spiro atoms. The average molecular weight is 375 g/mol. The number of nitrogens with zero attached hydrogens (tertiary/aromatic N) is 1. The number of amides is 1. The highest BCUT2D eigenvalue weighted by Gasteiger charge is 2.33. The zero-order valence-electron chi connectivity index (χ0n) is 15.8. The maximum atomic E-state index is 13.4. The first kappa shape index (κ1) is 18.7. The minimum absolute atomic E-state index is 0.223. The monoisotopic (exact) mass is 374 g/mol. The largest absolute Gasteiger partial charge is 0.327 e. The second-order valence-electron chi connectivity index (χ2n) is 7.19. The molecule has 1 heterocycles. The Labute approximate surface area is 155 Å². The number of hydrogen-bond donors (Lipinski definition) is 1. The molecule has 0 unspecified atom stereocenters. The molecule has 0 atom stereocenters. The Kier molecular flexibility index (Phi) is 4.97. The maximum absolute atomic E-state index is 13.4. The lowest BCUT2D eigenvalue weighted by atomic mass is 10.2. The van der Waals surface area contributed by atoms with Crippen molar-refractivity contribution in [2.24, 2.45) is 0 Å². The van der Waals surface area contributed by atoms with E-state index in [4.69, 9.17) is 0 Å². The molecule has 1 N–H and O–H groups in total. The summed E-state index contributed by atoms with van der Waals surface area (Å²) in [7, 11) is -3.73. The molecule has 1 aliphatic rings. The van der Waals surface area contributed by atoms with E-state index in [1.54, 1.807) is 24.3 Å². The van der Waals surface area contributed by atoms with Crippen LogP contribution < -0.4 is 5.32 Å². The Morgan fingerprint density at radius 3 is 2.19 bits per heavy atom. The number of benzene rings is 1. The molecule has 1 aliphatic carbocycles. The third-order valence-electron chi connectivity index (χ3n) is 5.28. The fourth-order valence-corrected chi connectivity index (χ4v) is 5.55. The van der Waals surface area contributed by atoms with Gasteiger partial charge in [0.2, 0.25) is 15.7 Å². The number of anilines is 1.